The molecule has 110 valence electrons. The van der Waals surface area contributed by atoms with E-state index in [1.165, 1.54) is 17.4 Å². The zero-order valence-corrected chi connectivity index (χ0v) is 13.2. The molecular weight excluding hydrogens is 282 g/mol. The van der Waals surface area contributed by atoms with Crippen LogP contribution in [0.2, 0.25) is 0 Å². The first-order chi connectivity index (χ1) is 9.03. The summed E-state index contributed by atoms with van der Waals surface area (Å²) in [7, 11) is -3.43. The zero-order chi connectivity index (χ0) is 14.3. The van der Waals surface area contributed by atoms with Crippen LogP contribution in [0, 0.1) is 5.92 Å². The minimum atomic E-state index is -3.43. The quantitative estimate of drug-likeness (QED) is 0.737. The van der Waals surface area contributed by atoms with Crippen molar-refractivity contribution in [3.63, 3.8) is 0 Å². The second-order valence-corrected chi connectivity index (χ2v) is 7.44. The summed E-state index contributed by atoms with van der Waals surface area (Å²) in [6.07, 6.45) is 4.30. The summed E-state index contributed by atoms with van der Waals surface area (Å²) < 4.78 is 26.8. The molecule has 0 aliphatic carbocycles. The Morgan fingerprint density at radius 3 is 2.68 bits per heavy atom. The molecule has 0 bridgehead atoms. The van der Waals surface area contributed by atoms with Crippen molar-refractivity contribution in [1.29, 1.82) is 0 Å². The summed E-state index contributed by atoms with van der Waals surface area (Å²) in [5.74, 6) is 0.394. The van der Waals surface area contributed by atoms with Crippen LogP contribution in [-0.4, -0.2) is 20.1 Å². The molecule has 1 atom stereocenters. The van der Waals surface area contributed by atoms with Gasteiger partial charge in [0.15, 0.2) is 0 Å². The number of unbranched alkanes of at least 4 members (excludes halogenated alkanes) is 1. The Labute approximate surface area is 119 Å². The Balaban J connectivity index is 2.59. The Bertz CT molecular complexity index is 468. The van der Waals surface area contributed by atoms with Gasteiger partial charge in [-0.15, -0.1) is 11.3 Å². The summed E-state index contributed by atoms with van der Waals surface area (Å²) in [5.41, 5.74) is 0. The molecule has 6 heteroatoms. The molecule has 0 aliphatic heterocycles. The molecule has 0 fully saturated rings. The molecule has 0 aliphatic rings. The maximum atomic E-state index is 12.1. The number of thiophene rings is 1. The standard InChI is InChI=1S/C13H23NO3S2/c1-3-5-6-11(4-2)8-14-19(16,17)13-7-12(9-15)18-10-13/h7,10-11,14-15H,3-6,8-9H2,1-2H3. The van der Waals surface area contributed by atoms with Gasteiger partial charge in [0, 0.05) is 16.8 Å². The molecule has 0 spiro atoms. The third-order valence-corrected chi connectivity index (χ3v) is 5.67. The molecule has 0 radical (unpaired) electrons. The molecule has 0 saturated heterocycles. The first-order valence-electron chi connectivity index (χ1n) is 6.71. The topological polar surface area (TPSA) is 66.4 Å². The highest BCUT2D eigenvalue weighted by Gasteiger charge is 2.17. The predicted octanol–water partition coefficient (Wildman–Crippen LogP) is 2.74. The summed E-state index contributed by atoms with van der Waals surface area (Å²) in [6, 6.07) is 1.53. The molecule has 2 N–H and O–H groups in total. The SMILES string of the molecule is CCCCC(CC)CNS(=O)(=O)c1csc(CO)c1. The largest absolute Gasteiger partial charge is 0.391 e. The van der Waals surface area contributed by atoms with Crippen molar-refractivity contribution in [3.8, 4) is 0 Å². The van der Waals surface area contributed by atoms with Crippen LogP contribution >= 0.6 is 11.3 Å². The Morgan fingerprint density at radius 1 is 1.42 bits per heavy atom. The minimum absolute atomic E-state index is 0.117. The fourth-order valence-corrected chi connectivity index (χ4v) is 4.09. The minimum Gasteiger partial charge on any atom is -0.391 e. The molecule has 1 unspecified atom stereocenters. The highest BCUT2D eigenvalue weighted by Crippen LogP contribution is 2.20. The van der Waals surface area contributed by atoms with Gasteiger partial charge < -0.3 is 5.11 Å². The molecule has 19 heavy (non-hydrogen) atoms. The van der Waals surface area contributed by atoms with Gasteiger partial charge in [0.25, 0.3) is 0 Å². The fourth-order valence-electron chi connectivity index (χ4n) is 1.84. The number of sulfonamides is 1. The maximum absolute atomic E-state index is 12.1. The number of nitrogens with one attached hydrogen (secondary N) is 1. The Morgan fingerprint density at radius 2 is 2.16 bits per heavy atom. The Hall–Kier alpha value is -0.430. The van der Waals surface area contributed by atoms with Crippen LogP contribution in [0.4, 0.5) is 0 Å². The van der Waals surface area contributed by atoms with E-state index in [1.807, 2.05) is 0 Å². The summed E-state index contributed by atoms with van der Waals surface area (Å²) in [4.78, 5) is 0.922. The van der Waals surface area contributed by atoms with Crippen LogP contribution in [0.25, 0.3) is 0 Å². The van der Waals surface area contributed by atoms with Crippen LogP contribution in [-0.2, 0) is 16.6 Å². The van der Waals surface area contributed by atoms with Crippen molar-refractivity contribution in [2.45, 2.75) is 51.0 Å². The smallest absolute Gasteiger partial charge is 0.241 e. The van der Waals surface area contributed by atoms with Gasteiger partial charge in [-0.1, -0.05) is 33.1 Å². The van der Waals surface area contributed by atoms with E-state index in [-0.39, 0.29) is 11.5 Å². The van der Waals surface area contributed by atoms with E-state index in [2.05, 4.69) is 18.6 Å². The van der Waals surface area contributed by atoms with E-state index in [0.717, 1.165) is 25.7 Å². The summed E-state index contributed by atoms with van der Waals surface area (Å²) in [5, 5.41) is 10.5. The zero-order valence-electron chi connectivity index (χ0n) is 11.6. The maximum Gasteiger partial charge on any atom is 0.241 e. The normalized spacial score (nSPS) is 13.6. The van der Waals surface area contributed by atoms with Gasteiger partial charge in [0.1, 0.15) is 0 Å². The lowest BCUT2D eigenvalue weighted by Crippen LogP contribution is -2.29. The van der Waals surface area contributed by atoms with Gasteiger partial charge in [-0.05, 0) is 18.4 Å². The number of hydrogen-bond donors (Lipinski definition) is 2. The number of aliphatic hydroxyl groups excluding tert-OH is 1. The van der Waals surface area contributed by atoms with Gasteiger partial charge in [-0.3, -0.25) is 0 Å². The molecule has 4 nitrogen and oxygen atoms in total. The molecule has 0 amide bonds. The van der Waals surface area contributed by atoms with Crippen molar-refractivity contribution in [2.75, 3.05) is 6.54 Å². The summed E-state index contributed by atoms with van der Waals surface area (Å²) in [6.45, 7) is 4.60. The second kappa shape index (κ2) is 7.99. The van der Waals surface area contributed by atoms with E-state index < -0.39 is 10.0 Å². The molecule has 1 aromatic heterocycles. The van der Waals surface area contributed by atoms with Gasteiger partial charge in [0.05, 0.1) is 11.5 Å². The van der Waals surface area contributed by atoms with Crippen molar-refractivity contribution >= 4 is 21.4 Å². The third kappa shape index (κ3) is 5.22. The van der Waals surface area contributed by atoms with E-state index in [1.54, 1.807) is 5.38 Å². The average molecular weight is 305 g/mol. The van der Waals surface area contributed by atoms with Crippen molar-refractivity contribution in [2.24, 2.45) is 5.92 Å². The molecular formula is C13H23NO3S2. The molecule has 0 saturated carbocycles. The first kappa shape index (κ1) is 16.6. The predicted molar refractivity (Wildman–Crippen MR) is 78.7 cm³/mol. The Kier molecular flexibility index (Phi) is 6.99. The van der Waals surface area contributed by atoms with Crippen LogP contribution in [0.3, 0.4) is 0 Å². The highest BCUT2D eigenvalue weighted by atomic mass is 32.2. The lowest BCUT2D eigenvalue weighted by Gasteiger charge is -2.14. The summed E-state index contributed by atoms with van der Waals surface area (Å²) >= 11 is 1.26. The first-order valence-corrected chi connectivity index (χ1v) is 9.07. The van der Waals surface area contributed by atoms with Crippen molar-refractivity contribution in [1.82, 2.24) is 4.72 Å². The van der Waals surface area contributed by atoms with Crippen molar-refractivity contribution < 1.29 is 13.5 Å². The van der Waals surface area contributed by atoms with Crippen LogP contribution in [0.5, 0.6) is 0 Å². The van der Waals surface area contributed by atoms with E-state index in [4.69, 9.17) is 5.11 Å². The average Bonchev–Trinajstić information content (AvgIpc) is 2.88. The molecule has 1 aromatic rings. The van der Waals surface area contributed by atoms with Gasteiger partial charge in [-0.2, -0.15) is 0 Å². The van der Waals surface area contributed by atoms with Crippen LogP contribution in [0.15, 0.2) is 16.3 Å². The fraction of sp³-hybridized carbons (Fsp3) is 0.692. The van der Waals surface area contributed by atoms with Gasteiger partial charge in [-0.25, -0.2) is 13.1 Å². The van der Waals surface area contributed by atoms with E-state index in [0.29, 0.717) is 17.3 Å². The van der Waals surface area contributed by atoms with Crippen LogP contribution < -0.4 is 4.72 Å². The van der Waals surface area contributed by atoms with E-state index in [9.17, 15) is 8.42 Å². The lowest BCUT2D eigenvalue weighted by molar-refractivity contribution is 0.285. The van der Waals surface area contributed by atoms with Crippen LogP contribution in [0.1, 0.15) is 44.4 Å². The highest BCUT2D eigenvalue weighted by molar-refractivity contribution is 7.89. The van der Waals surface area contributed by atoms with Gasteiger partial charge in [0.2, 0.25) is 10.0 Å². The number of aliphatic hydroxyl groups is 1. The van der Waals surface area contributed by atoms with Crippen molar-refractivity contribution in [3.05, 3.63) is 16.3 Å². The third-order valence-electron chi connectivity index (χ3n) is 3.20. The van der Waals surface area contributed by atoms with Gasteiger partial charge >= 0.3 is 0 Å². The molecule has 0 aromatic carbocycles. The second-order valence-electron chi connectivity index (χ2n) is 4.68. The monoisotopic (exact) mass is 305 g/mol. The molecule has 1 rings (SSSR count). The van der Waals surface area contributed by atoms with E-state index >= 15 is 0 Å². The number of rotatable bonds is 9. The molecule has 1 heterocycles. The lowest BCUT2D eigenvalue weighted by atomic mass is 10.00. The number of hydrogen-bond acceptors (Lipinski definition) is 4.